The lowest BCUT2D eigenvalue weighted by atomic mass is 10.1. The Labute approximate surface area is 82.7 Å². The molecule has 0 fully saturated rings. The van der Waals surface area contributed by atoms with E-state index >= 15 is 0 Å². The summed E-state index contributed by atoms with van der Waals surface area (Å²) >= 11 is 0. The molecule has 0 atom stereocenters. The lowest BCUT2D eigenvalue weighted by Crippen LogP contribution is -1.98. The minimum Gasteiger partial charge on any atom is -0.364 e. The number of hydrogen-bond donors (Lipinski definition) is 1. The molecule has 2 rings (SSSR count). The van der Waals surface area contributed by atoms with Gasteiger partial charge in [0, 0.05) is 22.7 Å². The zero-order valence-corrected chi connectivity index (χ0v) is 7.80. The van der Waals surface area contributed by atoms with Crippen LogP contribution in [0.4, 0.5) is 17.6 Å². The first-order valence-corrected chi connectivity index (χ1v) is 4.27. The van der Waals surface area contributed by atoms with E-state index < -0.39 is 29.7 Å². The average Bonchev–Trinajstić information content (AvgIpc) is 2.58. The Bertz CT molecular complexity index is 530. The number of benzene rings is 1. The first-order chi connectivity index (χ1) is 7.07. The molecule has 0 saturated carbocycles. The summed E-state index contributed by atoms with van der Waals surface area (Å²) < 4.78 is 52.3. The van der Waals surface area contributed by atoms with Crippen molar-refractivity contribution in [2.75, 3.05) is 0 Å². The predicted molar refractivity (Wildman–Crippen MR) is 47.7 cm³/mol. The average molecular weight is 217 g/mol. The minimum atomic E-state index is -1.45. The molecule has 80 valence electrons. The fraction of sp³-hybridized carbons (Fsp3) is 0.200. The Morgan fingerprint density at radius 3 is 2.40 bits per heavy atom. The number of aromatic nitrogens is 1. The molecule has 1 heterocycles. The molecule has 0 aliphatic carbocycles. The maximum atomic E-state index is 13.5. The van der Waals surface area contributed by atoms with Crippen LogP contribution in [0, 0.1) is 24.4 Å². The molecule has 1 aromatic heterocycles. The second-order valence-electron chi connectivity index (χ2n) is 3.26. The van der Waals surface area contributed by atoms with Crippen LogP contribution in [0.1, 0.15) is 11.3 Å². The topological polar surface area (TPSA) is 15.8 Å². The summed E-state index contributed by atoms with van der Waals surface area (Å²) in [4.78, 5) is 2.57. The molecule has 0 bridgehead atoms. The normalized spacial score (nSPS) is 11.3. The van der Waals surface area contributed by atoms with E-state index in [2.05, 4.69) is 4.98 Å². The number of hydrogen-bond acceptors (Lipinski definition) is 0. The molecule has 0 amide bonds. The van der Waals surface area contributed by atoms with Crippen LogP contribution in [0.2, 0.25) is 0 Å². The Balaban J connectivity index is 2.98. The Morgan fingerprint density at radius 1 is 1.13 bits per heavy atom. The van der Waals surface area contributed by atoms with E-state index in [9.17, 15) is 17.6 Å². The highest BCUT2D eigenvalue weighted by atomic mass is 19.2. The highest BCUT2D eigenvalue weighted by Crippen LogP contribution is 2.30. The van der Waals surface area contributed by atoms with Gasteiger partial charge in [0.05, 0.1) is 5.56 Å². The summed E-state index contributed by atoms with van der Waals surface area (Å²) in [7, 11) is 0. The third-order valence-electron chi connectivity index (χ3n) is 2.39. The number of rotatable bonds is 1. The van der Waals surface area contributed by atoms with E-state index in [1.165, 1.54) is 13.1 Å². The van der Waals surface area contributed by atoms with Gasteiger partial charge in [-0.2, -0.15) is 0 Å². The second kappa shape index (κ2) is 3.25. The molecule has 5 heteroatoms. The van der Waals surface area contributed by atoms with Crippen LogP contribution in [0.15, 0.2) is 6.20 Å². The molecule has 0 aliphatic rings. The molecular weight excluding hydrogens is 210 g/mol. The van der Waals surface area contributed by atoms with Gasteiger partial charge >= 0.3 is 0 Å². The van der Waals surface area contributed by atoms with E-state index in [-0.39, 0.29) is 10.8 Å². The predicted octanol–water partition coefficient (Wildman–Crippen LogP) is 3.36. The standard InChI is InChI=1S/C10H7F4N/c1-4-7-6(3-15-4)8(12)5(2-11)9(13)10(7)14/h3,15H,2H2,1H3. The van der Waals surface area contributed by atoms with Gasteiger partial charge in [0.25, 0.3) is 0 Å². The molecular formula is C10H7F4N. The third-order valence-corrected chi connectivity index (χ3v) is 2.39. The van der Waals surface area contributed by atoms with Gasteiger partial charge in [0.1, 0.15) is 12.5 Å². The van der Waals surface area contributed by atoms with Gasteiger partial charge in [-0.25, -0.2) is 17.6 Å². The van der Waals surface area contributed by atoms with Gasteiger partial charge in [-0.15, -0.1) is 0 Å². The van der Waals surface area contributed by atoms with E-state index in [1.54, 1.807) is 0 Å². The van der Waals surface area contributed by atoms with Crippen LogP contribution in [0.25, 0.3) is 10.8 Å². The van der Waals surface area contributed by atoms with Crippen molar-refractivity contribution in [2.24, 2.45) is 0 Å². The number of aromatic amines is 1. The van der Waals surface area contributed by atoms with Crippen molar-refractivity contribution in [1.82, 2.24) is 4.98 Å². The zero-order chi connectivity index (χ0) is 11.2. The fourth-order valence-electron chi connectivity index (χ4n) is 1.60. The van der Waals surface area contributed by atoms with E-state index in [1.807, 2.05) is 0 Å². The summed E-state index contributed by atoms with van der Waals surface area (Å²) in [5, 5.41) is -0.291. The monoisotopic (exact) mass is 217 g/mol. The molecule has 0 radical (unpaired) electrons. The Hall–Kier alpha value is -1.52. The number of alkyl halides is 1. The van der Waals surface area contributed by atoms with Gasteiger partial charge in [0.2, 0.25) is 0 Å². The van der Waals surface area contributed by atoms with E-state index in [0.29, 0.717) is 5.69 Å². The highest BCUT2D eigenvalue weighted by Gasteiger charge is 2.21. The Kier molecular flexibility index (Phi) is 2.17. The van der Waals surface area contributed by atoms with E-state index in [0.717, 1.165) is 0 Å². The van der Waals surface area contributed by atoms with Crippen molar-refractivity contribution in [1.29, 1.82) is 0 Å². The maximum absolute atomic E-state index is 13.5. The van der Waals surface area contributed by atoms with Crippen molar-refractivity contribution >= 4 is 10.8 Å². The van der Waals surface area contributed by atoms with Gasteiger partial charge in [0.15, 0.2) is 11.6 Å². The first-order valence-electron chi connectivity index (χ1n) is 4.27. The maximum Gasteiger partial charge on any atom is 0.169 e. The van der Waals surface area contributed by atoms with Gasteiger partial charge in [-0.05, 0) is 6.92 Å². The van der Waals surface area contributed by atoms with E-state index in [4.69, 9.17) is 0 Å². The number of fused-ring (bicyclic) bond motifs is 1. The lowest BCUT2D eigenvalue weighted by molar-refractivity contribution is 0.424. The van der Waals surface area contributed by atoms with Crippen LogP contribution in [-0.4, -0.2) is 4.98 Å². The van der Waals surface area contributed by atoms with Gasteiger partial charge in [-0.1, -0.05) is 0 Å². The number of nitrogens with one attached hydrogen (secondary N) is 1. The quantitative estimate of drug-likeness (QED) is 0.556. The zero-order valence-electron chi connectivity index (χ0n) is 7.80. The molecule has 0 aliphatic heterocycles. The Morgan fingerprint density at radius 2 is 1.80 bits per heavy atom. The third kappa shape index (κ3) is 1.22. The number of aryl methyl sites for hydroxylation is 1. The van der Waals surface area contributed by atoms with Crippen molar-refractivity contribution in [3.05, 3.63) is 34.9 Å². The molecule has 1 N–H and O–H groups in total. The van der Waals surface area contributed by atoms with Crippen LogP contribution in [0.3, 0.4) is 0 Å². The van der Waals surface area contributed by atoms with Crippen LogP contribution in [-0.2, 0) is 6.67 Å². The smallest absolute Gasteiger partial charge is 0.169 e. The lowest BCUT2D eigenvalue weighted by Gasteiger charge is -2.04. The molecule has 1 aromatic carbocycles. The van der Waals surface area contributed by atoms with Gasteiger partial charge in [-0.3, -0.25) is 0 Å². The summed E-state index contributed by atoms with van der Waals surface area (Å²) in [6.07, 6.45) is 1.20. The molecule has 0 spiro atoms. The van der Waals surface area contributed by atoms with Crippen molar-refractivity contribution < 1.29 is 17.6 Å². The number of halogens is 4. The van der Waals surface area contributed by atoms with Crippen LogP contribution in [0.5, 0.6) is 0 Å². The molecule has 0 unspecified atom stereocenters. The second-order valence-corrected chi connectivity index (χ2v) is 3.26. The van der Waals surface area contributed by atoms with Crippen LogP contribution < -0.4 is 0 Å². The van der Waals surface area contributed by atoms with Crippen molar-refractivity contribution in [3.8, 4) is 0 Å². The summed E-state index contributed by atoms with van der Waals surface area (Å²) in [5.41, 5.74) is -0.551. The van der Waals surface area contributed by atoms with Gasteiger partial charge < -0.3 is 4.98 Å². The number of H-pyrrole nitrogens is 1. The minimum absolute atomic E-state index is 0.126. The SMILES string of the molecule is Cc1[nH]cc2c(F)c(CF)c(F)c(F)c12. The molecule has 0 saturated heterocycles. The molecule has 1 nitrogen and oxygen atoms in total. The molecule has 2 aromatic rings. The van der Waals surface area contributed by atoms with Crippen molar-refractivity contribution in [2.45, 2.75) is 13.6 Å². The van der Waals surface area contributed by atoms with Crippen LogP contribution >= 0.6 is 0 Å². The van der Waals surface area contributed by atoms with Crippen molar-refractivity contribution in [3.63, 3.8) is 0 Å². The summed E-state index contributed by atoms with van der Waals surface area (Å²) in [6, 6.07) is 0. The first kappa shape index (κ1) is 10.0. The fourth-order valence-corrected chi connectivity index (χ4v) is 1.60. The molecule has 15 heavy (non-hydrogen) atoms. The highest BCUT2D eigenvalue weighted by molar-refractivity contribution is 5.87. The largest absolute Gasteiger partial charge is 0.364 e. The summed E-state index contributed by atoms with van der Waals surface area (Å²) in [5.74, 6) is -3.71. The summed E-state index contributed by atoms with van der Waals surface area (Å²) in [6.45, 7) is 0.119.